The summed E-state index contributed by atoms with van der Waals surface area (Å²) in [6, 6.07) is 0. The van der Waals surface area contributed by atoms with E-state index in [1.54, 1.807) is 11.1 Å². The first-order valence-corrected chi connectivity index (χ1v) is 4.39. The third-order valence-electron chi connectivity index (χ3n) is 4.19. The van der Waals surface area contributed by atoms with Gasteiger partial charge in [-0.25, -0.2) is 0 Å². The molecule has 0 N–H and O–H groups in total. The van der Waals surface area contributed by atoms with E-state index in [-0.39, 0.29) is 0 Å². The Kier molecular flexibility index (Phi) is 0.786. The van der Waals surface area contributed by atoms with Crippen molar-refractivity contribution in [1.82, 2.24) is 0 Å². The smallest absolute Gasteiger partial charge is 0.103 e. The molecule has 2 atom stereocenters. The van der Waals surface area contributed by atoms with Gasteiger partial charge in [-0.1, -0.05) is 29.3 Å². The fourth-order valence-corrected chi connectivity index (χ4v) is 3.25. The van der Waals surface area contributed by atoms with E-state index in [9.17, 15) is 4.91 Å². The maximum absolute atomic E-state index is 10.1. The molecule has 0 radical (unpaired) electrons. The van der Waals surface area contributed by atoms with Gasteiger partial charge < -0.3 is 0 Å². The Morgan fingerprint density at radius 1 is 1.67 bits per heavy atom. The van der Waals surface area contributed by atoms with Crippen LogP contribution in [0.1, 0.15) is 20.3 Å². The molecular formula is C10H11NO. The molecule has 3 aliphatic rings. The van der Waals surface area contributed by atoms with Gasteiger partial charge >= 0.3 is 0 Å². The molecule has 1 spiro atoms. The third-order valence-corrected chi connectivity index (χ3v) is 4.19. The lowest BCUT2D eigenvalue weighted by atomic mass is 9.47. The van der Waals surface area contributed by atoms with Crippen molar-refractivity contribution >= 4 is 0 Å². The lowest BCUT2D eigenvalue weighted by Crippen LogP contribution is -2.49. The van der Waals surface area contributed by atoms with Gasteiger partial charge in [0.15, 0.2) is 0 Å². The zero-order valence-corrected chi connectivity index (χ0v) is 7.35. The van der Waals surface area contributed by atoms with Crippen molar-refractivity contribution < 1.29 is 0 Å². The van der Waals surface area contributed by atoms with Crippen LogP contribution in [0.15, 0.2) is 28.0 Å². The zero-order chi connectivity index (χ0) is 8.56. The second kappa shape index (κ2) is 1.43. The molecule has 0 heterocycles. The number of allylic oxidation sites excluding steroid dienone is 3. The van der Waals surface area contributed by atoms with Crippen LogP contribution in [0.2, 0.25) is 0 Å². The van der Waals surface area contributed by atoms with E-state index in [0.717, 1.165) is 0 Å². The van der Waals surface area contributed by atoms with Crippen molar-refractivity contribution in [2.75, 3.05) is 6.54 Å². The van der Waals surface area contributed by atoms with Crippen LogP contribution in [0.4, 0.5) is 0 Å². The highest BCUT2D eigenvalue weighted by molar-refractivity contribution is 5.72. The number of rotatable bonds is 2. The molecule has 1 fully saturated rings. The van der Waals surface area contributed by atoms with E-state index in [1.165, 1.54) is 12.0 Å². The van der Waals surface area contributed by atoms with Crippen molar-refractivity contribution in [3.05, 3.63) is 27.7 Å². The first kappa shape index (κ1) is 6.58. The number of hydrogen-bond donors (Lipinski definition) is 0. The fraction of sp³-hybridized carbons (Fsp3) is 0.600. The highest BCUT2D eigenvalue weighted by Gasteiger charge is 2.75. The molecule has 3 rings (SSSR count). The van der Waals surface area contributed by atoms with Crippen LogP contribution in [0.3, 0.4) is 0 Å². The summed E-state index contributed by atoms with van der Waals surface area (Å²) in [5, 5.41) is 2.96. The predicted molar refractivity (Wildman–Crippen MR) is 46.6 cm³/mol. The number of nitrogens with zero attached hydrogens (tertiary/aromatic N) is 1. The Labute approximate surface area is 71.3 Å². The highest BCUT2D eigenvalue weighted by Crippen LogP contribution is 2.84. The summed E-state index contributed by atoms with van der Waals surface area (Å²) in [7, 11) is 0. The van der Waals surface area contributed by atoms with E-state index >= 15 is 0 Å². The maximum Gasteiger partial charge on any atom is 0.103 e. The zero-order valence-electron chi connectivity index (χ0n) is 7.35. The van der Waals surface area contributed by atoms with Crippen LogP contribution in [0.25, 0.3) is 0 Å². The van der Waals surface area contributed by atoms with Gasteiger partial charge in [0.2, 0.25) is 0 Å². The van der Waals surface area contributed by atoms with Crippen molar-refractivity contribution in [1.29, 1.82) is 0 Å². The van der Waals surface area contributed by atoms with E-state index < -0.39 is 0 Å². The number of nitroso groups, excluding NO2 is 1. The maximum atomic E-state index is 10.1. The van der Waals surface area contributed by atoms with Gasteiger partial charge in [-0.2, -0.15) is 4.91 Å². The molecule has 0 saturated heterocycles. The molecule has 12 heavy (non-hydrogen) atoms. The summed E-state index contributed by atoms with van der Waals surface area (Å²) in [6.07, 6.45) is 3.43. The summed E-state index contributed by atoms with van der Waals surface area (Å²) in [4.78, 5) is 10.1. The first-order chi connectivity index (χ1) is 5.67. The van der Waals surface area contributed by atoms with Crippen molar-refractivity contribution in [3.8, 4) is 0 Å². The van der Waals surface area contributed by atoms with Gasteiger partial charge in [-0.15, -0.1) is 0 Å². The average Bonchev–Trinajstić information content (AvgIpc) is 2.57. The topological polar surface area (TPSA) is 29.4 Å². The second-order valence-electron chi connectivity index (χ2n) is 4.38. The molecule has 0 aliphatic heterocycles. The minimum absolute atomic E-state index is 0.306. The lowest BCUT2D eigenvalue weighted by Gasteiger charge is -2.56. The molecule has 1 saturated carbocycles. The quantitative estimate of drug-likeness (QED) is 0.451. The van der Waals surface area contributed by atoms with E-state index in [1.807, 2.05) is 0 Å². The van der Waals surface area contributed by atoms with Crippen LogP contribution in [0, 0.1) is 15.7 Å². The van der Waals surface area contributed by atoms with Gasteiger partial charge in [-0.05, 0) is 18.9 Å². The van der Waals surface area contributed by atoms with Crippen LogP contribution in [-0.2, 0) is 0 Å². The SMILES string of the molecule is CC1=C2CC3(C)C(CN=O)=CC123. The Balaban J connectivity index is 1.97. The Morgan fingerprint density at radius 2 is 2.42 bits per heavy atom. The van der Waals surface area contributed by atoms with Gasteiger partial charge in [-0.3, -0.25) is 0 Å². The molecule has 3 aliphatic carbocycles. The third kappa shape index (κ3) is 0.351. The van der Waals surface area contributed by atoms with Gasteiger partial charge in [0.05, 0.1) is 0 Å². The Morgan fingerprint density at radius 3 is 2.75 bits per heavy atom. The molecule has 0 aromatic rings. The van der Waals surface area contributed by atoms with Crippen LogP contribution in [-0.4, -0.2) is 6.54 Å². The number of hydrogen-bond acceptors (Lipinski definition) is 2. The van der Waals surface area contributed by atoms with Gasteiger partial charge in [0.1, 0.15) is 6.54 Å². The molecule has 2 nitrogen and oxygen atoms in total. The minimum Gasteiger partial charge on any atom is -0.150 e. The summed E-state index contributed by atoms with van der Waals surface area (Å²) in [5.41, 5.74) is 5.12. The molecule has 0 aromatic carbocycles. The van der Waals surface area contributed by atoms with Crippen molar-refractivity contribution in [3.63, 3.8) is 0 Å². The first-order valence-electron chi connectivity index (χ1n) is 4.39. The molecule has 62 valence electrons. The van der Waals surface area contributed by atoms with Crippen LogP contribution < -0.4 is 0 Å². The minimum atomic E-state index is 0.306. The summed E-state index contributed by atoms with van der Waals surface area (Å²) >= 11 is 0. The van der Waals surface area contributed by atoms with Gasteiger partial charge in [0.25, 0.3) is 0 Å². The fourth-order valence-electron chi connectivity index (χ4n) is 3.25. The van der Waals surface area contributed by atoms with E-state index in [4.69, 9.17) is 0 Å². The highest BCUT2D eigenvalue weighted by atomic mass is 16.3. The summed E-state index contributed by atoms with van der Waals surface area (Å²) in [5.74, 6) is 0. The Hall–Kier alpha value is -0.920. The molecule has 0 aromatic heterocycles. The van der Waals surface area contributed by atoms with Crippen LogP contribution >= 0.6 is 0 Å². The molecule has 2 unspecified atom stereocenters. The molecular weight excluding hydrogens is 150 g/mol. The molecule has 0 bridgehead atoms. The van der Waals surface area contributed by atoms with Gasteiger partial charge in [0, 0.05) is 10.8 Å². The second-order valence-corrected chi connectivity index (χ2v) is 4.38. The Bertz CT molecular complexity index is 358. The van der Waals surface area contributed by atoms with Crippen LogP contribution in [0.5, 0.6) is 0 Å². The van der Waals surface area contributed by atoms with Crippen molar-refractivity contribution in [2.45, 2.75) is 20.3 Å². The lowest BCUT2D eigenvalue weighted by molar-refractivity contribution is 0.152. The molecule has 2 heteroatoms. The average molecular weight is 161 g/mol. The normalized spacial score (nSPS) is 46.7. The standard InChI is InChI=1S/C10H11NO/c1-6-8-4-9(2)7(5-11-12)3-10(6,8)9/h3H,4-5H2,1-2H3. The van der Waals surface area contributed by atoms with Crippen molar-refractivity contribution in [2.24, 2.45) is 16.0 Å². The largest absolute Gasteiger partial charge is 0.150 e. The predicted octanol–water partition coefficient (Wildman–Crippen LogP) is 2.42. The molecule has 0 amide bonds. The van der Waals surface area contributed by atoms with E-state index in [0.29, 0.717) is 17.4 Å². The summed E-state index contributed by atoms with van der Waals surface area (Å²) < 4.78 is 0. The monoisotopic (exact) mass is 161 g/mol. The summed E-state index contributed by atoms with van der Waals surface area (Å²) in [6.45, 7) is 4.87. The van der Waals surface area contributed by atoms with E-state index in [2.05, 4.69) is 25.1 Å².